The summed E-state index contributed by atoms with van der Waals surface area (Å²) in [7, 11) is 0. The minimum Gasteiger partial charge on any atom is -0.461 e. The minimum absolute atomic E-state index is 0.234. The first-order valence-corrected chi connectivity index (χ1v) is 5.57. The summed E-state index contributed by atoms with van der Waals surface area (Å²) in [4.78, 5) is 13.8. The second-order valence-corrected chi connectivity index (χ2v) is 3.99. The zero-order chi connectivity index (χ0) is 12.0. The Morgan fingerprint density at radius 1 is 1.27 bits per heavy atom. The average molecular weight is 213 g/mol. The van der Waals surface area contributed by atoms with Crippen LogP contribution in [0.2, 0.25) is 0 Å². The van der Waals surface area contributed by atoms with Gasteiger partial charge in [-0.1, -0.05) is 6.08 Å². The van der Waals surface area contributed by atoms with Gasteiger partial charge in [0.25, 0.3) is 0 Å². The first kappa shape index (κ1) is 14.0. The molecule has 88 valence electrons. The van der Waals surface area contributed by atoms with Gasteiger partial charge < -0.3 is 9.64 Å². The number of hydrogen-bond acceptors (Lipinski definition) is 3. The Morgan fingerprint density at radius 2 is 1.73 bits per heavy atom. The van der Waals surface area contributed by atoms with Gasteiger partial charge in [-0.25, -0.2) is 4.79 Å². The summed E-state index contributed by atoms with van der Waals surface area (Å²) >= 11 is 0. The van der Waals surface area contributed by atoms with Crippen LogP contribution in [0.4, 0.5) is 0 Å². The lowest BCUT2D eigenvalue weighted by Gasteiger charge is -2.33. The highest BCUT2D eigenvalue weighted by atomic mass is 16.5. The van der Waals surface area contributed by atoms with Crippen LogP contribution >= 0.6 is 0 Å². The molecule has 0 amide bonds. The highest BCUT2D eigenvalue weighted by Gasteiger charge is 2.22. The van der Waals surface area contributed by atoms with Crippen molar-refractivity contribution >= 4 is 5.97 Å². The van der Waals surface area contributed by atoms with Gasteiger partial charge in [0.05, 0.1) is 6.61 Å². The summed E-state index contributed by atoms with van der Waals surface area (Å²) in [5, 5.41) is 0. The van der Waals surface area contributed by atoms with E-state index in [1.54, 1.807) is 0 Å². The van der Waals surface area contributed by atoms with Gasteiger partial charge in [-0.2, -0.15) is 0 Å². The highest BCUT2D eigenvalue weighted by Crippen LogP contribution is 2.15. The lowest BCUT2D eigenvalue weighted by Crippen LogP contribution is -2.39. The van der Waals surface area contributed by atoms with Gasteiger partial charge in [0.15, 0.2) is 0 Å². The predicted molar refractivity (Wildman–Crippen MR) is 62.5 cm³/mol. The summed E-state index contributed by atoms with van der Waals surface area (Å²) in [6.07, 6.45) is 1.82. The summed E-state index contributed by atoms with van der Waals surface area (Å²) in [6.45, 7) is 12.4. The molecule has 0 aliphatic heterocycles. The number of rotatable bonds is 5. The van der Waals surface area contributed by atoms with Crippen LogP contribution < -0.4 is 0 Å². The second-order valence-electron chi connectivity index (χ2n) is 3.99. The predicted octanol–water partition coefficient (Wildman–Crippen LogP) is 2.57. The molecule has 0 heterocycles. The van der Waals surface area contributed by atoms with Crippen LogP contribution in [-0.2, 0) is 9.53 Å². The van der Waals surface area contributed by atoms with E-state index in [0.717, 1.165) is 0 Å². The molecule has 3 heteroatoms. The van der Waals surface area contributed by atoms with Crippen LogP contribution in [0.1, 0.15) is 41.5 Å². The molecule has 0 aromatic heterocycles. The fourth-order valence-corrected chi connectivity index (χ4v) is 1.73. The number of ether oxygens (including phenoxy) is 1. The number of hydrogen-bond donors (Lipinski definition) is 0. The first-order valence-electron chi connectivity index (χ1n) is 5.57. The van der Waals surface area contributed by atoms with E-state index < -0.39 is 0 Å². The number of esters is 1. The molecule has 0 aliphatic rings. The van der Waals surface area contributed by atoms with Crippen molar-refractivity contribution in [2.45, 2.75) is 53.6 Å². The average Bonchev–Trinajstić information content (AvgIpc) is 2.12. The van der Waals surface area contributed by atoms with Gasteiger partial charge in [-0.3, -0.25) is 0 Å². The Morgan fingerprint density at radius 3 is 2.00 bits per heavy atom. The second kappa shape index (κ2) is 6.49. The molecule has 0 saturated carbocycles. The maximum absolute atomic E-state index is 11.7. The zero-order valence-corrected chi connectivity index (χ0v) is 10.7. The summed E-state index contributed by atoms with van der Waals surface area (Å²) in [6, 6.07) is 0.584. The number of allylic oxidation sites excluding steroid dienone is 1. The molecule has 0 unspecified atom stereocenters. The van der Waals surface area contributed by atoms with Gasteiger partial charge in [0.2, 0.25) is 0 Å². The molecule has 0 spiro atoms. The van der Waals surface area contributed by atoms with E-state index in [1.807, 2.05) is 19.9 Å². The zero-order valence-electron chi connectivity index (χ0n) is 10.7. The van der Waals surface area contributed by atoms with E-state index in [9.17, 15) is 4.79 Å². The van der Waals surface area contributed by atoms with Crippen molar-refractivity contribution in [2.24, 2.45) is 0 Å². The summed E-state index contributed by atoms with van der Waals surface area (Å²) in [5.74, 6) is -0.234. The third-order valence-corrected chi connectivity index (χ3v) is 2.15. The maximum atomic E-state index is 11.7. The summed E-state index contributed by atoms with van der Waals surface area (Å²) < 4.78 is 5.03. The molecule has 0 aliphatic carbocycles. The topological polar surface area (TPSA) is 29.5 Å². The van der Waals surface area contributed by atoms with Crippen molar-refractivity contribution in [2.75, 3.05) is 6.61 Å². The molecular weight excluding hydrogens is 190 g/mol. The van der Waals surface area contributed by atoms with Crippen LogP contribution in [0.3, 0.4) is 0 Å². The molecule has 0 saturated heterocycles. The molecule has 0 atom stereocenters. The quantitative estimate of drug-likeness (QED) is 0.519. The maximum Gasteiger partial charge on any atom is 0.354 e. The molecule has 15 heavy (non-hydrogen) atoms. The molecule has 0 bridgehead atoms. The Hall–Kier alpha value is -0.990. The van der Waals surface area contributed by atoms with Crippen molar-refractivity contribution in [1.82, 2.24) is 4.90 Å². The standard InChI is InChI=1S/C12H23NO2/c1-7-11(12(14)15-8-2)13(9(3)4)10(5)6/h7,9-10H,8H2,1-6H3. The first-order chi connectivity index (χ1) is 6.95. The lowest BCUT2D eigenvalue weighted by molar-refractivity contribution is -0.141. The van der Waals surface area contributed by atoms with Crippen molar-refractivity contribution in [3.8, 4) is 0 Å². The van der Waals surface area contributed by atoms with Crippen LogP contribution in [0.5, 0.6) is 0 Å². The van der Waals surface area contributed by atoms with Crippen molar-refractivity contribution in [1.29, 1.82) is 0 Å². The van der Waals surface area contributed by atoms with E-state index in [0.29, 0.717) is 24.4 Å². The van der Waals surface area contributed by atoms with Crippen molar-refractivity contribution in [3.05, 3.63) is 11.8 Å². The third-order valence-electron chi connectivity index (χ3n) is 2.15. The lowest BCUT2D eigenvalue weighted by atomic mass is 10.2. The molecule has 0 aromatic carbocycles. The molecule has 0 fully saturated rings. The molecule has 0 N–H and O–H groups in total. The van der Waals surface area contributed by atoms with Gasteiger partial charge in [0, 0.05) is 12.1 Å². The Labute approximate surface area is 93.1 Å². The summed E-state index contributed by atoms with van der Waals surface area (Å²) in [5.41, 5.74) is 0.654. The Balaban J connectivity index is 4.84. The van der Waals surface area contributed by atoms with Gasteiger partial charge in [-0.15, -0.1) is 0 Å². The van der Waals surface area contributed by atoms with E-state index in [4.69, 9.17) is 4.74 Å². The number of nitrogens with zero attached hydrogens (tertiary/aromatic N) is 1. The SMILES string of the molecule is CC=C(C(=O)OCC)N(C(C)C)C(C)C. The third kappa shape index (κ3) is 3.94. The normalized spacial score (nSPS) is 12.1. The molecular formula is C12H23NO2. The fraction of sp³-hybridized carbons (Fsp3) is 0.750. The van der Waals surface area contributed by atoms with Crippen molar-refractivity contribution in [3.63, 3.8) is 0 Å². The van der Waals surface area contributed by atoms with E-state index in [1.165, 1.54) is 0 Å². The van der Waals surface area contributed by atoms with Gasteiger partial charge in [0.1, 0.15) is 5.70 Å². The van der Waals surface area contributed by atoms with Crippen LogP contribution in [0.25, 0.3) is 0 Å². The molecule has 0 aromatic rings. The van der Waals surface area contributed by atoms with Crippen molar-refractivity contribution < 1.29 is 9.53 Å². The Bertz CT molecular complexity index is 224. The smallest absolute Gasteiger partial charge is 0.354 e. The van der Waals surface area contributed by atoms with Crippen LogP contribution in [0.15, 0.2) is 11.8 Å². The molecule has 3 nitrogen and oxygen atoms in total. The minimum atomic E-state index is -0.234. The van der Waals surface area contributed by atoms with Gasteiger partial charge >= 0.3 is 5.97 Å². The number of carbonyl (C=O) groups excluding carboxylic acids is 1. The van der Waals surface area contributed by atoms with Crippen LogP contribution in [-0.4, -0.2) is 29.6 Å². The van der Waals surface area contributed by atoms with E-state index >= 15 is 0 Å². The monoisotopic (exact) mass is 213 g/mol. The largest absolute Gasteiger partial charge is 0.461 e. The molecule has 0 radical (unpaired) electrons. The van der Waals surface area contributed by atoms with E-state index in [-0.39, 0.29) is 5.97 Å². The van der Waals surface area contributed by atoms with Crippen LogP contribution in [0, 0.1) is 0 Å². The number of carbonyl (C=O) groups is 1. The van der Waals surface area contributed by atoms with Gasteiger partial charge in [-0.05, 0) is 41.5 Å². The fourth-order valence-electron chi connectivity index (χ4n) is 1.73. The highest BCUT2D eigenvalue weighted by molar-refractivity contribution is 5.87. The molecule has 0 rings (SSSR count). The Kier molecular flexibility index (Phi) is 6.06. The van der Waals surface area contributed by atoms with E-state index in [2.05, 4.69) is 32.6 Å².